The van der Waals surface area contributed by atoms with E-state index in [1.54, 1.807) is 38.3 Å². The van der Waals surface area contributed by atoms with Gasteiger partial charge in [-0.3, -0.25) is 14.5 Å². The van der Waals surface area contributed by atoms with E-state index in [2.05, 4.69) is 0 Å². The lowest BCUT2D eigenvalue weighted by Crippen LogP contribution is -2.85. The summed E-state index contributed by atoms with van der Waals surface area (Å²) < 4.78 is 15.6. The van der Waals surface area contributed by atoms with Gasteiger partial charge in [0.2, 0.25) is 0 Å². The van der Waals surface area contributed by atoms with Crippen LogP contribution in [0.15, 0.2) is 24.3 Å². The first-order valence-electron chi connectivity index (χ1n) is 6.49. The van der Waals surface area contributed by atoms with Crippen molar-refractivity contribution in [3.8, 4) is 5.75 Å². The number of carbonyl (C=O) groups is 2. The zero-order valence-corrected chi connectivity index (χ0v) is 12.8. The van der Waals surface area contributed by atoms with Gasteiger partial charge in [0.15, 0.2) is 11.3 Å². The maximum atomic E-state index is 12.5. The van der Waals surface area contributed by atoms with E-state index in [4.69, 9.17) is 14.2 Å². The second-order valence-corrected chi connectivity index (χ2v) is 4.99. The molecule has 0 N–H and O–H groups in total. The van der Waals surface area contributed by atoms with Gasteiger partial charge in [-0.15, -0.1) is 0 Å². The lowest BCUT2D eigenvalue weighted by molar-refractivity contribution is -0.255. The number of Topliss-reactive ketones (excluding diaryl/α,β-unsaturated/α-hetero) is 1. The molecule has 114 valence electrons. The summed E-state index contributed by atoms with van der Waals surface area (Å²) in [4.78, 5) is 26.1. The molecule has 1 heterocycles. The molecular weight excluding hydrogens is 274 g/mol. The van der Waals surface area contributed by atoms with E-state index in [9.17, 15) is 9.59 Å². The summed E-state index contributed by atoms with van der Waals surface area (Å²) in [5.41, 5.74) is -0.634. The normalized spacial score (nSPS) is 23.7. The Balaban J connectivity index is 2.48. The lowest BCUT2D eigenvalue weighted by Gasteiger charge is -2.59. The molecule has 1 aromatic rings. The number of nitrogens with zero attached hydrogens (tertiary/aromatic N) is 1. The topological polar surface area (TPSA) is 65.1 Å². The van der Waals surface area contributed by atoms with E-state index < -0.39 is 17.2 Å². The van der Waals surface area contributed by atoms with Gasteiger partial charge in [0.25, 0.3) is 11.7 Å². The lowest BCUT2D eigenvalue weighted by atomic mass is 9.75. The molecule has 1 aliphatic heterocycles. The molecule has 1 amide bonds. The van der Waals surface area contributed by atoms with E-state index >= 15 is 0 Å². The van der Waals surface area contributed by atoms with Crippen LogP contribution in [0, 0.1) is 0 Å². The first-order chi connectivity index (χ1) is 9.88. The minimum absolute atomic E-state index is 0.221. The Kier molecular flexibility index (Phi) is 3.78. The summed E-state index contributed by atoms with van der Waals surface area (Å²) in [5, 5.41) is 0. The van der Waals surface area contributed by atoms with Crippen molar-refractivity contribution in [2.24, 2.45) is 0 Å². The molecule has 6 heteroatoms. The summed E-state index contributed by atoms with van der Waals surface area (Å²) in [6.07, 6.45) is 0. The van der Waals surface area contributed by atoms with Crippen molar-refractivity contribution in [3.05, 3.63) is 24.3 Å². The standard InChI is InChI=1S/C15H19NO5/c1-10(17)14(2)15(20-4,21-5)13(18)16(14)11-6-8-12(19-3)9-7-11/h6-9H,1-5H3. The Morgan fingerprint density at radius 2 is 1.62 bits per heavy atom. The summed E-state index contributed by atoms with van der Waals surface area (Å²) >= 11 is 0. The van der Waals surface area contributed by atoms with Crippen molar-refractivity contribution in [2.75, 3.05) is 26.2 Å². The number of hydrogen-bond acceptors (Lipinski definition) is 5. The number of rotatable bonds is 5. The maximum Gasteiger partial charge on any atom is 0.291 e. The fourth-order valence-electron chi connectivity index (χ4n) is 2.80. The van der Waals surface area contributed by atoms with E-state index in [1.165, 1.54) is 26.0 Å². The van der Waals surface area contributed by atoms with Crippen molar-refractivity contribution >= 4 is 17.4 Å². The highest BCUT2D eigenvalue weighted by atomic mass is 16.7. The highest BCUT2D eigenvalue weighted by molar-refractivity contribution is 6.18. The van der Waals surface area contributed by atoms with Gasteiger partial charge in [-0.25, -0.2) is 0 Å². The smallest absolute Gasteiger partial charge is 0.291 e. The van der Waals surface area contributed by atoms with Gasteiger partial charge in [-0.1, -0.05) is 0 Å². The van der Waals surface area contributed by atoms with Gasteiger partial charge in [-0.2, -0.15) is 0 Å². The SMILES string of the molecule is COc1ccc(N2C(=O)C(OC)(OC)C2(C)C(C)=O)cc1. The average molecular weight is 293 g/mol. The summed E-state index contributed by atoms with van der Waals surface area (Å²) in [6, 6.07) is 6.88. The van der Waals surface area contributed by atoms with Crippen LogP contribution in [0.2, 0.25) is 0 Å². The highest BCUT2D eigenvalue weighted by Crippen LogP contribution is 2.47. The minimum Gasteiger partial charge on any atom is -0.497 e. The number of methoxy groups -OCH3 is 3. The van der Waals surface area contributed by atoms with E-state index in [0.29, 0.717) is 11.4 Å². The number of anilines is 1. The first-order valence-corrected chi connectivity index (χ1v) is 6.49. The average Bonchev–Trinajstić information content (AvgIpc) is 2.49. The van der Waals surface area contributed by atoms with Crippen LogP contribution in [0.4, 0.5) is 5.69 Å². The number of β-lactam (4-membered cyclic amide) rings is 1. The fraction of sp³-hybridized carbons (Fsp3) is 0.467. The molecule has 0 aromatic heterocycles. The zero-order chi connectivity index (χ0) is 15.8. The van der Waals surface area contributed by atoms with Crippen LogP contribution in [-0.2, 0) is 19.1 Å². The number of carbonyl (C=O) groups excluding carboxylic acids is 2. The van der Waals surface area contributed by atoms with Crippen LogP contribution in [0.5, 0.6) is 5.75 Å². The first kappa shape index (κ1) is 15.5. The van der Waals surface area contributed by atoms with Crippen LogP contribution in [0.25, 0.3) is 0 Å². The van der Waals surface area contributed by atoms with E-state index in [0.717, 1.165) is 0 Å². The molecule has 1 aliphatic rings. The molecule has 1 atom stereocenters. The molecule has 1 aromatic carbocycles. The molecule has 0 bridgehead atoms. The third-order valence-electron chi connectivity index (χ3n) is 4.16. The molecule has 6 nitrogen and oxygen atoms in total. The molecule has 21 heavy (non-hydrogen) atoms. The molecule has 0 radical (unpaired) electrons. The monoisotopic (exact) mass is 293 g/mol. The largest absolute Gasteiger partial charge is 0.497 e. The van der Waals surface area contributed by atoms with Crippen LogP contribution < -0.4 is 9.64 Å². The Labute approximate surface area is 123 Å². The van der Waals surface area contributed by atoms with Crippen LogP contribution in [0.1, 0.15) is 13.8 Å². The van der Waals surface area contributed by atoms with Gasteiger partial charge in [-0.05, 0) is 38.1 Å². The Bertz CT molecular complexity index is 564. The molecule has 0 aliphatic carbocycles. The van der Waals surface area contributed by atoms with Crippen molar-refractivity contribution in [2.45, 2.75) is 25.2 Å². The molecule has 1 unspecified atom stereocenters. The quantitative estimate of drug-likeness (QED) is 0.606. The van der Waals surface area contributed by atoms with E-state index in [-0.39, 0.29) is 5.78 Å². The minimum atomic E-state index is -1.58. The number of benzene rings is 1. The van der Waals surface area contributed by atoms with Gasteiger partial charge in [0, 0.05) is 19.9 Å². The Hall–Kier alpha value is -1.92. The van der Waals surface area contributed by atoms with Crippen molar-refractivity contribution in [1.82, 2.24) is 0 Å². The molecule has 0 spiro atoms. The van der Waals surface area contributed by atoms with Crippen LogP contribution in [0.3, 0.4) is 0 Å². The third kappa shape index (κ3) is 1.79. The highest BCUT2D eigenvalue weighted by Gasteiger charge is 2.74. The summed E-state index contributed by atoms with van der Waals surface area (Å²) in [5.74, 6) is -1.54. The predicted molar refractivity (Wildman–Crippen MR) is 76.3 cm³/mol. The van der Waals surface area contributed by atoms with Gasteiger partial charge >= 0.3 is 0 Å². The molecule has 2 rings (SSSR count). The number of amides is 1. The molecular formula is C15H19NO5. The van der Waals surface area contributed by atoms with Gasteiger partial charge < -0.3 is 14.2 Å². The maximum absolute atomic E-state index is 12.5. The van der Waals surface area contributed by atoms with Crippen molar-refractivity contribution < 1.29 is 23.8 Å². The van der Waals surface area contributed by atoms with Gasteiger partial charge in [0.05, 0.1) is 7.11 Å². The zero-order valence-electron chi connectivity index (χ0n) is 12.8. The summed E-state index contributed by atoms with van der Waals surface area (Å²) in [6.45, 7) is 3.05. The van der Waals surface area contributed by atoms with Crippen molar-refractivity contribution in [1.29, 1.82) is 0 Å². The number of ether oxygens (including phenoxy) is 3. The molecule has 0 saturated carbocycles. The van der Waals surface area contributed by atoms with E-state index in [1.807, 2.05) is 0 Å². The fourth-order valence-corrected chi connectivity index (χ4v) is 2.80. The third-order valence-corrected chi connectivity index (χ3v) is 4.16. The Morgan fingerprint density at radius 3 is 2.00 bits per heavy atom. The predicted octanol–water partition coefficient (Wildman–Crippen LogP) is 1.38. The van der Waals surface area contributed by atoms with Crippen molar-refractivity contribution in [3.63, 3.8) is 0 Å². The second kappa shape index (κ2) is 5.13. The van der Waals surface area contributed by atoms with Crippen LogP contribution >= 0.6 is 0 Å². The van der Waals surface area contributed by atoms with Gasteiger partial charge in [0.1, 0.15) is 5.75 Å². The second-order valence-electron chi connectivity index (χ2n) is 4.99. The molecule has 1 fully saturated rings. The Morgan fingerprint density at radius 1 is 1.10 bits per heavy atom. The number of ketones is 1. The summed E-state index contributed by atoms with van der Waals surface area (Å²) in [7, 11) is 4.27. The number of hydrogen-bond donors (Lipinski definition) is 0. The van der Waals surface area contributed by atoms with Crippen LogP contribution in [-0.4, -0.2) is 44.3 Å². The molecule has 1 saturated heterocycles.